The smallest absolute Gasteiger partial charge is 0.0480 e. The lowest BCUT2D eigenvalue weighted by molar-refractivity contribution is 0.0284. The summed E-state index contributed by atoms with van der Waals surface area (Å²) in [5.41, 5.74) is 7.38. The quantitative estimate of drug-likeness (QED) is 0.853. The van der Waals surface area contributed by atoms with Crippen LogP contribution in [0.2, 0.25) is 0 Å². The summed E-state index contributed by atoms with van der Waals surface area (Å²) in [7, 11) is 2.22. The molecule has 1 atom stereocenters. The van der Waals surface area contributed by atoms with Gasteiger partial charge >= 0.3 is 0 Å². The number of nitrogens with zero attached hydrogens (tertiary/aromatic N) is 1. The van der Waals surface area contributed by atoms with Gasteiger partial charge in [0.15, 0.2) is 0 Å². The van der Waals surface area contributed by atoms with Crippen LogP contribution in [0.1, 0.15) is 24.8 Å². The molecule has 19 heavy (non-hydrogen) atoms. The third-order valence-corrected chi connectivity index (χ3v) is 4.22. The Morgan fingerprint density at radius 3 is 2.58 bits per heavy atom. The number of likely N-dealkylation sites (N-methyl/N-ethyl adjacent to an activating group) is 1. The maximum absolute atomic E-state index is 5.97. The molecule has 0 spiro atoms. The molecule has 1 unspecified atom stereocenters. The standard InChI is InChI=1S/C16H26N2O/c1-18(15-9-11-19-12-10-15)16(13-17)8-7-14-5-3-2-4-6-14/h2-6,15-16H,7-13,17H2,1H3. The molecule has 1 saturated heterocycles. The highest BCUT2D eigenvalue weighted by Gasteiger charge is 2.23. The summed E-state index contributed by atoms with van der Waals surface area (Å²) in [5.74, 6) is 0. The molecule has 1 aromatic rings. The molecule has 0 saturated carbocycles. The lowest BCUT2D eigenvalue weighted by Gasteiger charge is -2.36. The van der Waals surface area contributed by atoms with Crippen molar-refractivity contribution in [1.29, 1.82) is 0 Å². The normalized spacial score (nSPS) is 18.7. The van der Waals surface area contributed by atoms with Crippen molar-refractivity contribution in [3.8, 4) is 0 Å². The van der Waals surface area contributed by atoms with Crippen molar-refractivity contribution in [2.24, 2.45) is 5.73 Å². The minimum atomic E-state index is 0.475. The van der Waals surface area contributed by atoms with E-state index in [1.165, 1.54) is 5.56 Å². The highest BCUT2D eigenvalue weighted by atomic mass is 16.5. The SMILES string of the molecule is CN(C(CN)CCc1ccccc1)C1CCOCC1. The van der Waals surface area contributed by atoms with Gasteiger partial charge in [-0.3, -0.25) is 4.90 Å². The Hall–Kier alpha value is -0.900. The van der Waals surface area contributed by atoms with Crippen LogP contribution in [0.25, 0.3) is 0 Å². The molecule has 1 aliphatic rings. The average molecular weight is 262 g/mol. The van der Waals surface area contributed by atoms with E-state index in [9.17, 15) is 0 Å². The van der Waals surface area contributed by atoms with Crippen molar-refractivity contribution in [2.75, 3.05) is 26.8 Å². The van der Waals surface area contributed by atoms with Crippen molar-refractivity contribution < 1.29 is 4.74 Å². The lowest BCUT2D eigenvalue weighted by Crippen LogP contribution is -2.46. The van der Waals surface area contributed by atoms with E-state index in [0.29, 0.717) is 12.1 Å². The highest BCUT2D eigenvalue weighted by molar-refractivity contribution is 5.14. The van der Waals surface area contributed by atoms with Crippen LogP contribution < -0.4 is 5.73 Å². The van der Waals surface area contributed by atoms with Crippen LogP contribution >= 0.6 is 0 Å². The minimum absolute atomic E-state index is 0.475. The number of benzene rings is 1. The third-order valence-electron chi connectivity index (χ3n) is 4.22. The van der Waals surface area contributed by atoms with E-state index in [2.05, 4.69) is 42.3 Å². The van der Waals surface area contributed by atoms with Crippen LogP contribution in [-0.4, -0.2) is 43.8 Å². The first-order valence-corrected chi connectivity index (χ1v) is 7.35. The van der Waals surface area contributed by atoms with Gasteiger partial charge < -0.3 is 10.5 Å². The molecule has 0 radical (unpaired) electrons. The Morgan fingerprint density at radius 1 is 1.26 bits per heavy atom. The molecule has 3 nitrogen and oxygen atoms in total. The van der Waals surface area contributed by atoms with Crippen molar-refractivity contribution in [3.63, 3.8) is 0 Å². The molecular formula is C16H26N2O. The molecule has 1 aromatic carbocycles. The molecule has 0 aliphatic carbocycles. The Labute approximate surface area is 116 Å². The molecular weight excluding hydrogens is 236 g/mol. The van der Waals surface area contributed by atoms with Gasteiger partial charge in [-0.15, -0.1) is 0 Å². The second-order valence-electron chi connectivity index (χ2n) is 5.42. The fraction of sp³-hybridized carbons (Fsp3) is 0.625. The number of rotatable bonds is 6. The van der Waals surface area contributed by atoms with Crippen LogP contribution in [0, 0.1) is 0 Å². The molecule has 1 aliphatic heterocycles. The number of nitrogens with two attached hydrogens (primary N) is 1. The first-order valence-electron chi connectivity index (χ1n) is 7.35. The van der Waals surface area contributed by atoms with E-state index < -0.39 is 0 Å². The van der Waals surface area contributed by atoms with Gasteiger partial charge in [0.2, 0.25) is 0 Å². The minimum Gasteiger partial charge on any atom is -0.381 e. The Balaban J connectivity index is 1.84. The number of hydrogen-bond donors (Lipinski definition) is 1. The van der Waals surface area contributed by atoms with Crippen molar-refractivity contribution >= 4 is 0 Å². The molecule has 0 aromatic heterocycles. The predicted molar refractivity (Wildman–Crippen MR) is 79.2 cm³/mol. The monoisotopic (exact) mass is 262 g/mol. The fourth-order valence-corrected chi connectivity index (χ4v) is 2.86. The van der Waals surface area contributed by atoms with Gasteiger partial charge in [0, 0.05) is 31.8 Å². The predicted octanol–water partition coefficient (Wildman–Crippen LogP) is 2.06. The molecule has 2 rings (SSSR count). The summed E-state index contributed by atoms with van der Waals surface area (Å²) >= 11 is 0. The number of hydrogen-bond acceptors (Lipinski definition) is 3. The van der Waals surface area contributed by atoms with Crippen molar-refractivity contribution in [1.82, 2.24) is 4.90 Å². The number of aryl methyl sites for hydroxylation is 1. The van der Waals surface area contributed by atoms with Crippen LogP contribution in [0.3, 0.4) is 0 Å². The number of ether oxygens (including phenoxy) is 1. The lowest BCUT2D eigenvalue weighted by atomic mass is 10.0. The average Bonchev–Trinajstić information content (AvgIpc) is 2.49. The molecule has 0 bridgehead atoms. The van der Waals surface area contributed by atoms with E-state index in [1.54, 1.807) is 0 Å². The van der Waals surface area contributed by atoms with Crippen LogP contribution in [-0.2, 0) is 11.2 Å². The maximum atomic E-state index is 5.97. The van der Waals surface area contributed by atoms with Gasteiger partial charge in [-0.05, 0) is 38.3 Å². The second-order valence-corrected chi connectivity index (χ2v) is 5.42. The summed E-state index contributed by atoms with van der Waals surface area (Å²) in [6, 6.07) is 11.8. The van der Waals surface area contributed by atoms with Gasteiger partial charge in [-0.1, -0.05) is 30.3 Å². The van der Waals surface area contributed by atoms with E-state index in [4.69, 9.17) is 10.5 Å². The molecule has 3 heteroatoms. The zero-order valence-corrected chi connectivity index (χ0v) is 11.9. The van der Waals surface area contributed by atoms with Gasteiger partial charge in [0.1, 0.15) is 0 Å². The molecule has 1 fully saturated rings. The van der Waals surface area contributed by atoms with Gasteiger partial charge in [0.05, 0.1) is 0 Å². The van der Waals surface area contributed by atoms with Crippen LogP contribution in [0.5, 0.6) is 0 Å². The third kappa shape index (κ3) is 4.30. The van der Waals surface area contributed by atoms with Gasteiger partial charge in [-0.25, -0.2) is 0 Å². The summed E-state index contributed by atoms with van der Waals surface area (Å²) in [5, 5.41) is 0. The largest absolute Gasteiger partial charge is 0.381 e. The molecule has 2 N–H and O–H groups in total. The van der Waals surface area contributed by atoms with Crippen molar-refractivity contribution in [3.05, 3.63) is 35.9 Å². The van der Waals surface area contributed by atoms with E-state index in [-0.39, 0.29) is 0 Å². The molecule has 106 valence electrons. The fourth-order valence-electron chi connectivity index (χ4n) is 2.86. The van der Waals surface area contributed by atoms with E-state index in [0.717, 1.165) is 45.4 Å². The molecule has 0 amide bonds. The zero-order valence-electron chi connectivity index (χ0n) is 11.9. The van der Waals surface area contributed by atoms with Gasteiger partial charge in [0.25, 0.3) is 0 Å². The van der Waals surface area contributed by atoms with Gasteiger partial charge in [-0.2, -0.15) is 0 Å². The topological polar surface area (TPSA) is 38.5 Å². The zero-order chi connectivity index (χ0) is 13.5. The van der Waals surface area contributed by atoms with E-state index in [1.807, 2.05) is 0 Å². The van der Waals surface area contributed by atoms with Crippen LogP contribution in [0.4, 0.5) is 0 Å². The van der Waals surface area contributed by atoms with Crippen molar-refractivity contribution in [2.45, 2.75) is 37.8 Å². The Morgan fingerprint density at radius 2 is 1.95 bits per heavy atom. The highest BCUT2D eigenvalue weighted by Crippen LogP contribution is 2.17. The second kappa shape index (κ2) is 7.63. The first kappa shape index (κ1) is 14.5. The summed E-state index contributed by atoms with van der Waals surface area (Å²) < 4.78 is 5.43. The van der Waals surface area contributed by atoms with Crippen LogP contribution in [0.15, 0.2) is 30.3 Å². The Bertz CT molecular complexity index is 349. The molecule has 1 heterocycles. The summed E-state index contributed by atoms with van der Waals surface area (Å²) in [6.07, 6.45) is 4.52. The first-order chi connectivity index (χ1) is 9.31. The summed E-state index contributed by atoms with van der Waals surface area (Å²) in [6.45, 7) is 2.52. The van der Waals surface area contributed by atoms with E-state index >= 15 is 0 Å². The Kier molecular flexibility index (Phi) is 5.83. The maximum Gasteiger partial charge on any atom is 0.0480 e. The summed E-state index contributed by atoms with van der Waals surface area (Å²) in [4.78, 5) is 2.48.